The highest BCUT2D eigenvalue weighted by Gasteiger charge is 2.16. The van der Waals surface area contributed by atoms with Gasteiger partial charge in [-0.2, -0.15) is 0 Å². The van der Waals surface area contributed by atoms with Gasteiger partial charge in [-0.25, -0.2) is 0 Å². The summed E-state index contributed by atoms with van der Waals surface area (Å²) < 4.78 is 21.0. The lowest BCUT2D eigenvalue weighted by Gasteiger charge is -2.15. The van der Waals surface area contributed by atoms with Gasteiger partial charge in [-0.05, 0) is 32.4 Å². The van der Waals surface area contributed by atoms with Gasteiger partial charge in [0.15, 0.2) is 17.3 Å². The molecule has 0 fully saturated rings. The minimum Gasteiger partial charge on any atom is -0.493 e. The highest BCUT2D eigenvalue weighted by Crippen LogP contribution is 2.38. The molecule has 0 spiro atoms. The molecule has 0 atom stereocenters. The van der Waals surface area contributed by atoms with Crippen LogP contribution in [0.4, 0.5) is 0 Å². The number of benzene rings is 1. The number of ketones is 1. The van der Waals surface area contributed by atoms with Crippen molar-refractivity contribution in [3.05, 3.63) is 17.7 Å². The number of methoxy groups -OCH3 is 2. The van der Waals surface area contributed by atoms with Gasteiger partial charge in [0.1, 0.15) is 0 Å². The molecule has 0 aromatic heterocycles. The van der Waals surface area contributed by atoms with E-state index in [2.05, 4.69) is 0 Å². The summed E-state index contributed by atoms with van der Waals surface area (Å²) in [5.41, 5.74) is 0.479. The largest absolute Gasteiger partial charge is 0.493 e. The molecule has 0 N–H and O–H groups in total. The van der Waals surface area contributed by atoms with E-state index in [9.17, 15) is 9.59 Å². The fourth-order valence-corrected chi connectivity index (χ4v) is 1.85. The van der Waals surface area contributed by atoms with Crippen LogP contribution in [0.1, 0.15) is 37.0 Å². The van der Waals surface area contributed by atoms with Crippen molar-refractivity contribution < 1.29 is 28.5 Å². The topological polar surface area (TPSA) is 71.1 Å². The molecule has 0 unspecified atom stereocenters. The molecule has 0 heterocycles. The van der Waals surface area contributed by atoms with Crippen LogP contribution >= 0.6 is 0 Å². The third-order valence-corrected chi connectivity index (χ3v) is 2.94. The molecule has 1 aromatic carbocycles. The zero-order valence-corrected chi connectivity index (χ0v) is 13.4. The standard InChI is InChI=1S/C16H22O6/c1-5-21-15(18)7-6-8-22-16-13(19-3)9-12(11(2)17)10-14(16)20-4/h9-10H,5-8H2,1-4H3. The Hall–Kier alpha value is -2.24. The molecule has 0 aliphatic heterocycles. The Bertz CT molecular complexity index is 498. The average Bonchev–Trinajstić information content (AvgIpc) is 2.51. The molecule has 0 amide bonds. The van der Waals surface area contributed by atoms with E-state index in [1.165, 1.54) is 21.1 Å². The van der Waals surface area contributed by atoms with Crippen LogP contribution in [0, 0.1) is 0 Å². The van der Waals surface area contributed by atoms with Crippen molar-refractivity contribution >= 4 is 11.8 Å². The van der Waals surface area contributed by atoms with Crippen LogP contribution in [0.3, 0.4) is 0 Å². The van der Waals surface area contributed by atoms with Gasteiger partial charge >= 0.3 is 5.97 Å². The molecule has 6 heteroatoms. The Morgan fingerprint density at radius 2 is 1.68 bits per heavy atom. The summed E-state index contributed by atoms with van der Waals surface area (Å²) in [5.74, 6) is 0.905. The maximum absolute atomic E-state index is 11.5. The Labute approximate surface area is 130 Å². The van der Waals surface area contributed by atoms with Gasteiger partial charge in [-0.3, -0.25) is 9.59 Å². The van der Waals surface area contributed by atoms with Crippen LogP contribution in [0.25, 0.3) is 0 Å². The molecule has 0 aliphatic rings. The maximum atomic E-state index is 11.5. The summed E-state index contributed by atoms with van der Waals surface area (Å²) in [6.45, 7) is 3.91. The third kappa shape index (κ3) is 4.95. The van der Waals surface area contributed by atoms with Crippen LogP contribution < -0.4 is 14.2 Å². The highest BCUT2D eigenvalue weighted by atomic mass is 16.5. The number of carbonyl (C=O) groups excluding carboxylic acids is 2. The number of Topliss-reactive ketones (excluding diaryl/α,β-unsaturated/α-hetero) is 1. The van der Waals surface area contributed by atoms with Gasteiger partial charge in [0.05, 0.1) is 27.4 Å². The first kappa shape index (κ1) is 17.8. The smallest absolute Gasteiger partial charge is 0.305 e. The summed E-state index contributed by atoms with van der Waals surface area (Å²) >= 11 is 0. The first-order valence-corrected chi connectivity index (χ1v) is 7.08. The van der Waals surface area contributed by atoms with Gasteiger partial charge < -0.3 is 18.9 Å². The van der Waals surface area contributed by atoms with Gasteiger partial charge in [0, 0.05) is 12.0 Å². The van der Waals surface area contributed by atoms with Gasteiger partial charge in [0.2, 0.25) is 5.75 Å². The lowest BCUT2D eigenvalue weighted by atomic mass is 10.1. The number of carbonyl (C=O) groups is 2. The minimum atomic E-state index is -0.253. The second-order valence-corrected chi connectivity index (χ2v) is 4.52. The maximum Gasteiger partial charge on any atom is 0.305 e. The van der Waals surface area contributed by atoms with E-state index in [1.54, 1.807) is 19.1 Å². The highest BCUT2D eigenvalue weighted by molar-refractivity contribution is 5.95. The van der Waals surface area contributed by atoms with E-state index in [4.69, 9.17) is 18.9 Å². The number of hydrogen-bond donors (Lipinski definition) is 0. The Balaban J connectivity index is 2.76. The second kappa shape index (κ2) is 8.92. The molecular weight excluding hydrogens is 288 g/mol. The quantitative estimate of drug-likeness (QED) is 0.397. The van der Waals surface area contributed by atoms with E-state index in [-0.39, 0.29) is 18.2 Å². The second-order valence-electron chi connectivity index (χ2n) is 4.52. The minimum absolute atomic E-state index is 0.0922. The summed E-state index contributed by atoms with van der Waals surface area (Å²) in [4.78, 5) is 22.7. The lowest BCUT2D eigenvalue weighted by molar-refractivity contribution is -0.143. The monoisotopic (exact) mass is 310 g/mol. The van der Waals surface area contributed by atoms with Crippen molar-refractivity contribution in [3.63, 3.8) is 0 Å². The summed E-state index contributed by atoms with van der Waals surface area (Å²) in [5, 5.41) is 0. The Kier molecular flexibility index (Phi) is 7.22. The fourth-order valence-electron chi connectivity index (χ4n) is 1.85. The first-order valence-electron chi connectivity index (χ1n) is 7.08. The molecule has 0 saturated carbocycles. The molecule has 0 saturated heterocycles. The SMILES string of the molecule is CCOC(=O)CCCOc1c(OC)cc(C(C)=O)cc1OC. The molecular formula is C16H22O6. The fraction of sp³-hybridized carbons (Fsp3) is 0.500. The van der Waals surface area contributed by atoms with E-state index < -0.39 is 0 Å². The normalized spacial score (nSPS) is 10.0. The molecule has 6 nitrogen and oxygen atoms in total. The van der Waals surface area contributed by atoms with Gasteiger partial charge in [-0.1, -0.05) is 0 Å². The number of esters is 1. The van der Waals surface area contributed by atoms with Gasteiger partial charge in [-0.15, -0.1) is 0 Å². The van der Waals surface area contributed by atoms with E-state index in [0.29, 0.717) is 42.4 Å². The predicted octanol–water partition coefficient (Wildman–Crippen LogP) is 2.63. The molecule has 22 heavy (non-hydrogen) atoms. The zero-order valence-electron chi connectivity index (χ0n) is 13.4. The van der Waals surface area contributed by atoms with Crippen molar-refractivity contribution in [2.24, 2.45) is 0 Å². The third-order valence-electron chi connectivity index (χ3n) is 2.94. The first-order chi connectivity index (χ1) is 10.5. The van der Waals surface area contributed by atoms with Crippen LogP contribution in [0.15, 0.2) is 12.1 Å². The van der Waals surface area contributed by atoms with Crippen molar-refractivity contribution in [1.29, 1.82) is 0 Å². The summed E-state index contributed by atoms with van der Waals surface area (Å²) in [7, 11) is 2.98. The van der Waals surface area contributed by atoms with Crippen LogP contribution in [-0.2, 0) is 9.53 Å². The van der Waals surface area contributed by atoms with Crippen LogP contribution in [0.2, 0.25) is 0 Å². The predicted molar refractivity (Wildman–Crippen MR) is 80.9 cm³/mol. The Morgan fingerprint density at radius 1 is 1.09 bits per heavy atom. The van der Waals surface area contributed by atoms with E-state index in [1.807, 2.05) is 0 Å². The van der Waals surface area contributed by atoms with Crippen molar-refractivity contribution in [2.75, 3.05) is 27.4 Å². The van der Waals surface area contributed by atoms with E-state index >= 15 is 0 Å². The number of ether oxygens (including phenoxy) is 4. The molecule has 0 aliphatic carbocycles. The summed E-state index contributed by atoms with van der Waals surface area (Å²) in [6.07, 6.45) is 0.795. The average molecular weight is 310 g/mol. The zero-order chi connectivity index (χ0) is 16.5. The van der Waals surface area contributed by atoms with Crippen LogP contribution in [-0.4, -0.2) is 39.2 Å². The molecule has 1 rings (SSSR count). The number of hydrogen-bond acceptors (Lipinski definition) is 6. The van der Waals surface area contributed by atoms with Crippen molar-refractivity contribution in [1.82, 2.24) is 0 Å². The summed E-state index contributed by atoms with van der Waals surface area (Å²) in [6, 6.07) is 3.21. The molecule has 0 radical (unpaired) electrons. The van der Waals surface area contributed by atoms with Crippen LogP contribution in [0.5, 0.6) is 17.2 Å². The van der Waals surface area contributed by atoms with Crippen molar-refractivity contribution in [3.8, 4) is 17.2 Å². The Morgan fingerprint density at radius 3 is 2.14 bits per heavy atom. The number of rotatable bonds is 9. The van der Waals surface area contributed by atoms with E-state index in [0.717, 1.165) is 0 Å². The molecule has 0 bridgehead atoms. The molecule has 122 valence electrons. The van der Waals surface area contributed by atoms with Gasteiger partial charge in [0.25, 0.3) is 0 Å². The molecule has 1 aromatic rings. The van der Waals surface area contributed by atoms with Crippen molar-refractivity contribution in [2.45, 2.75) is 26.7 Å². The lowest BCUT2D eigenvalue weighted by Crippen LogP contribution is -2.08.